The standard InChI is InChI=1S/C15H29N3O3/c1-15(2,3)10-12(11-16)14(20)17-5-4-13(19)18-6-8-21-9-7-18/h12H,4-11,16H2,1-3H3,(H,17,20). The van der Waals surface area contributed by atoms with Crippen molar-refractivity contribution in [3.63, 3.8) is 0 Å². The Balaban J connectivity index is 2.29. The highest BCUT2D eigenvalue weighted by molar-refractivity contribution is 5.80. The molecule has 1 rings (SSSR count). The van der Waals surface area contributed by atoms with Gasteiger partial charge in [-0.05, 0) is 11.8 Å². The van der Waals surface area contributed by atoms with Gasteiger partial charge in [0.05, 0.1) is 19.1 Å². The van der Waals surface area contributed by atoms with Gasteiger partial charge in [-0.2, -0.15) is 0 Å². The molecule has 6 heteroatoms. The van der Waals surface area contributed by atoms with Gasteiger partial charge in [0, 0.05) is 32.6 Å². The largest absolute Gasteiger partial charge is 0.378 e. The first-order chi connectivity index (χ1) is 9.83. The fourth-order valence-corrected chi connectivity index (χ4v) is 2.43. The molecular weight excluding hydrogens is 270 g/mol. The van der Waals surface area contributed by atoms with E-state index in [2.05, 4.69) is 26.1 Å². The van der Waals surface area contributed by atoms with E-state index in [-0.39, 0.29) is 23.1 Å². The van der Waals surface area contributed by atoms with Crippen molar-refractivity contribution < 1.29 is 14.3 Å². The maximum Gasteiger partial charge on any atom is 0.224 e. The van der Waals surface area contributed by atoms with Crippen molar-refractivity contribution in [2.45, 2.75) is 33.6 Å². The quantitative estimate of drug-likeness (QED) is 0.742. The molecule has 21 heavy (non-hydrogen) atoms. The van der Waals surface area contributed by atoms with Gasteiger partial charge in [0.1, 0.15) is 0 Å². The van der Waals surface area contributed by atoms with Crippen LogP contribution in [0.15, 0.2) is 0 Å². The molecule has 3 N–H and O–H groups in total. The van der Waals surface area contributed by atoms with Crippen molar-refractivity contribution in [1.29, 1.82) is 0 Å². The fourth-order valence-electron chi connectivity index (χ4n) is 2.43. The molecule has 0 aromatic rings. The number of carbonyl (C=O) groups is 2. The topological polar surface area (TPSA) is 84.7 Å². The molecule has 1 unspecified atom stereocenters. The van der Waals surface area contributed by atoms with Crippen LogP contribution in [-0.2, 0) is 14.3 Å². The van der Waals surface area contributed by atoms with Gasteiger partial charge < -0.3 is 20.7 Å². The highest BCUT2D eigenvalue weighted by atomic mass is 16.5. The molecule has 1 saturated heterocycles. The molecule has 6 nitrogen and oxygen atoms in total. The minimum atomic E-state index is -0.191. The van der Waals surface area contributed by atoms with E-state index in [1.807, 2.05) is 0 Å². The van der Waals surface area contributed by atoms with E-state index in [0.717, 1.165) is 6.42 Å². The third-order valence-electron chi connectivity index (χ3n) is 3.52. The van der Waals surface area contributed by atoms with Crippen LogP contribution in [-0.4, -0.2) is 56.1 Å². The molecule has 1 heterocycles. The summed E-state index contributed by atoms with van der Waals surface area (Å²) in [4.78, 5) is 25.8. The lowest BCUT2D eigenvalue weighted by molar-refractivity contribution is -0.135. The maximum absolute atomic E-state index is 12.1. The lowest BCUT2D eigenvalue weighted by Gasteiger charge is -2.27. The number of hydrogen-bond acceptors (Lipinski definition) is 4. The molecule has 1 fully saturated rings. The van der Waals surface area contributed by atoms with Gasteiger partial charge in [-0.25, -0.2) is 0 Å². The molecule has 1 aliphatic heterocycles. The van der Waals surface area contributed by atoms with Crippen LogP contribution in [0.5, 0.6) is 0 Å². The van der Waals surface area contributed by atoms with Crippen molar-refractivity contribution >= 4 is 11.8 Å². The van der Waals surface area contributed by atoms with E-state index in [0.29, 0.717) is 45.8 Å². The van der Waals surface area contributed by atoms with Crippen LogP contribution >= 0.6 is 0 Å². The number of nitrogens with zero attached hydrogens (tertiary/aromatic N) is 1. The number of ether oxygens (including phenoxy) is 1. The first-order valence-corrected chi connectivity index (χ1v) is 7.67. The number of amides is 2. The molecule has 0 bridgehead atoms. The molecule has 0 saturated carbocycles. The highest BCUT2D eigenvalue weighted by Gasteiger charge is 2.24. The Labute approximate surface area is 127 Å². The Kier molecular flexibility index (Phi) is 7.11. The summed E-state index contributed by atoms with van der Waals surface area (Å²) in [7, 11) is 0. The first-order valence-electron chi connectivity index (χ1n) is 7.67. The lowest BCUT2D eigenvalue weighted by atomic mass is 9.84. The minimum absolute atomic E-state index is 0.0535. The predicted octanol–water partition coefficient (Wildman–Crippen LogP) is 0.363. The fraction of sp³-hybridized carbons (Fsp3) is 0.867. The Morgan fingerprint density at radius 2 is 1.90 bits per heavy atom. The lowest BCUT2D eigenvalue weighted by Crippen LogP contribution is -2.43. The highest BCUT2D eigenvalue weighted by Crippen LogP contribution is 2.23. The molecule has 0 aliphatic carbocycles. The third kappa shape index (κ3) is 6.91. The van der Waals surface area contributed by atoms with Gasteiger partial charge in [-0.1, -0.05) is 20.8 Å². The molecular formula is C15H29N3O3. The minimum Gasteiger partial charge on any atom is -0.378 e. The Morgan fingerprint density at radius 3 is 2.43 bits per heavy atom. The first kappa shape index (κ1) is 17.9. The van der Waals surface area contributed by atoms with E-state index >= 15 is 0 Å². The second-order valence-corrected chi connectivity index (χ2v) is 6.73. The van der Waals surface area contributed by atoms with E-state index < -0.39 is 0 Å². The molecule has 0 aromatic heterocycles. The van der Waals surface area contributed by atoms with E-state index in [1.54, 1.807) is 4.90 Å². The summed E-state index contributed by atoms with van der Waals surface area (Å²) in [6.45, 7) is 9.44. The average molecular weight is 299 g/mol. The van der Waals surface area contributed by atoms with Crippen molar-refractivity contribution in [3.05, 3.63) is 0 Å². The Bertz CT molecular complexity index is 347. The summed E-state index contributed by atoms with van der Waals surface area (Å²) in [6.07, 6.45) is 1.07. The van der Waals surface area contributed by atoms with Crippen LogP contribution in [0.1, 0.15) is 33.6 Å². The molecule has 2 amide bonds. The summed E-state index contributed by atoms with van der Waals surface area (Å²) in [5, 5.41) is 2.83. The van der Waals surface area contributed by atoms with E-state index in [9.17, 15) is 9.59 Å². The van der Waals surface area contributed by atoms with E-state index in [4.69, 9.17) is 10.5 Å². The molecule has 0 spiro atoms. The number of morpholine rings is 1. The second-order valence-electron chi connectivity index (χ2n) is 6.73. The summed E-state index contributed by atoms with van der Waals surface area (Å²) < 4.78 is 5.21. The van der Waals surface area contributed by atoms with Gasteiger partial charge in [-0.3, -0.25) is 9.59 Å². The number of carbonyl (C=O) groups excluding carboxylic acids is 2. The van der Waals surface area contributed by atoms with Crippen LogP contribution in [0.25, 0.3) is 0 Å². The zero-order chi connectivity index (χ0) is 15.9. The zero-order valence-electron chi connectivity index (χ0n) is 13.5. The molecule has 1 atom stereocenters. The average Bonchev–Trinajstić information content (AvgIpc) is 2.44. The summed E-state index contributed by atoms with van der Waals surface area (Å²) in [6, 6.07) is 0. The second kappa shape index (κ2) is 8.34. The predicted molar refractivity (Wildman–Crippen MR) is 81.6 cm³/mol. The van der Waals surface area contributed by atoms with Gasteiger partial charge in [0.15, 0.2) is 0 Å². The Hall–Kier alpha value is -1.14. The summed E-state index contributed by atoms with van der Waals surface area (Å²) >= 11 is 0. The van der Waals surface area contributed by atoms with Gasteiger partial charge in [0.2, 0.25) is 11.8 Å². The third-order valence-corrected chi connectivity index (χ3v) is 3.52. The molecule has 1 aliphatic rings. The smallest absolute Gasteiger partial charge is 0.224 e. The summed E-state index contributed by atoms with van der Waals surface area (Å²) in [5.74, 6) is -0.176. The number of hydrogen-bond donors (Lipinski definition) is 2. The van der Waals surface area contributed by atoms with Crippen molar-refractivity contribution in [2.75, 3.05) is 39.4 Å². The van der Waals surface area contributed by atoms with Gasteiger partial charge in [-0.15, -0.1) is 0 Å². The van der Waals surface area contributed by atoms with Crippen LogP contribution in [0.2, 0.25) is 0 Å². The zero-order valence-corrected chi connectivity index (χ0v) is 13.5. The van der Waals surface area contributed by atoms with Gasteiger partial charge >= 0.3 is 0 Å². The van der Waals surface area contributed by atoms with Crippen molar-refractivity contribution in [2.24, 2.45) is 17.1 Å². The Morgan fingerprint density at radius 1 is 1.29 bits per heavy atom. The number of nitrogens with one attached hydrogen (secondary N) is 1. The van der Waals surface area contributed by atoms with Crippen LogP contribution in [0, 0.1) is 11.3 Å². The van der Waals surface area contributed by atoms with Crippen molar-refractivity contribution in [3.8, 4) is 0 Å². The van der Waals surface area contributed by atoms with Crippen LogP contribution < -0.4 is 11.1 Å². The SMILES string of the molecule is CC(C)(C)CC(CN)C(=O)NCCC(=O)N1CCOCC1. The van der Waals surface area contributed by atoms with Crippen LogP contribution in [0.3, 0.4) is 0 Å². The van der Waals surface area contributed by atoms with Crippen LogP contribution in [0.4, 0.5) is 0 Å². The summed E-state index contributed by atoms with van der Waals surface area (Å²) in [5.41, 5.74) is 5.74. The molecule has 0 radical (unpaired) electrons. The van der Waals surface area contributed by atoms with Crippen molar-refractivity contribution in [1.82, 2.24) is 10.2 Å². The van der Waals surface area contributed by atoms with E-state index in [1.165, 1.54) is 0 Å². The molecule has 0 aromatic carbocycles. The normalized spacial score (nSPS) is 17.4. The number of nitrogens with two attached hydrogens (primary N) is 1. The maximum atomic E-state index is 12.1. The number of rotatable bonds is 6. The van der Waals surface area contributed by atoms with Gasteiger partial charge in [0.25, 0.3) is 0 Å². The molecule has 122 valence electrons. The monoisotopic (exact) mass is 299 g/mol.